The average Bonchev–Trinajstić information content (AvgIpc) is 2.47. The van der Waals surface area contributed by atoms with Crippen LogP contribution in [0.25, 0.3) is 0 Å². The highest BCUT2D eigenvalue weighted by Crippen LogP contribution is 2.24. The van der Waals surface area contributed by atoms with Crippen molar-refractivity contribution in [1.29, 1.82) is 0 Å². The lowest BCUT2D eigenvalue weighted by Crippen LogP contribution is -2.42. The zero-order valence-corrected chi connectivity index (χ0v) is 13.4. The first-order valence-corrected chi connectivity index (χ1v) is 7.14. The van der Waals surface area contributed by atoms with E-state index in [-0.39, 0.29) is 18.4 Å². The van der Waals surface area contributed by atoms with Gasteiger partial charge in [0, 0.05) is 44.3 Å². The monoisotopic (exact) mass is 300 g/mol. The third-order valence-corrected chi connectivity index (χ3v) is 4.02. The van der Waals surface area contributed by atoms with Crippen molar-refractivity contribution in [1.82, 2.24) is 4.90 Å². The van der Waals surface area contributed by atoms with Gasteiger partial charge in [-0.3, -0.25) is 4.90 Å². The molecule has 0 radical (unpaired) electrons. The van der Waals surface area contributed by atoms with Crippen molar-refractivity contribution in [2.75, 3.05) is 27.8 Å². The molecule has 0 heterocycles. The number of methoxy groups -OCH3 is 2. The van der Waals surface area contributed by atoms with Crippen molar-refractivity contribution in [2.45, 2.75) is 31.7 Å². The van der Waals surface area contributed by atoms with E-state index in [1.165, 1.54) is 5.56 Å². The molecule has 4 nitrogen and oxygen atoms in total. The second kappa shape index (κ2) is 8.60. The number of nitrogens with zero attached hydrogens (tertiary/aromatic N) is 1. The second-order valence-electron chi connectivity index (χ2n) is 4.92. The SMILES string of the molecule is COC(CC(CN)N(C)C(C)c1cccc(Cl)c1)OC. The van der Waals surface area contributed by atoms with Gasteiger partial charge in [-0.1, -0.05) is 23.7 Å². The highest BCUT2D eigenvalue weighted by atomic mass is 35.5. The Morgan fingerprint density at radius 1 is 1.30 bits per heavy atom. The summed E-state index contributed by atoms with van der Waals surface area (Å²) in [7, 11) is 5.34. The molecular weight excluding hydrogens is 276 g/mol. The summed E-state index contributed by atoms with van der Waals surface area (Å²) in [5.41, 5.74) is 7.07. The molecule has 0 amide bonds. The first-order valence-electron chi connectivity index (χ1n) is 6.76. The molecule has 2 atom stereocenters. The molecule has 0 aliphatic rings. The molecule has 0 aliphatic carbocycles. The Kier molecular flexibility index (Phi) is 7.48. The zero-order chi connectivity index (χ0) is 15.1. The van der Waals surface area contributed by atoms with Gasteiger partial charge in [0.05, 0.1) is 0 Å². The summed E-state index contributed by atoms with van der Waals surface area (Å²) in [5.74, 6) is 0. The summed E-state index contributed by atoms with van der Waals surface area (Å²) < 4.78 is 10.5. The minimum Gasteiger partial charge on any atom is -0.356 e. The van der Waals surface area contributed by atoms with Crippen LogP contribution in [0.4, 0.5) is 0 Å². The number of hydrogen-bond donors (Lipinski definition) is 1. The van der Waals surface area contributed by atoms with Gasteiger partial charge in [-0.05, 0) is 31.7 Å². The van der Waals surface area contributed by atoms with Crippen LogP contribution in [0.2, 0.25) is 5.02 Å². The highest BCUT2D eigenvalue weighted by molar-refractivity contribution is 6.30. The topological polar surface area (TPSA) is 47.7 Å². The summed E-state index contributed by atoms with van der Waals surface area (Å²) in [6.45, 7) is 2.69. The van der Waals surface area contributed by atoms with Gasteiger partial charge in [-0.25, -0.2) is 0 Å². The Bertz CT molecular complexity index is 399. The Morgan fingerprint density at radius 3 is 2.45 bits per heavy atom. The summed E-state index contributed by atoms with van der Waals surface area (Å²) >= 11 is 6.05. The van der Waals surface area contributed by atoms with E-state index in [4.69, 9.17) is 26.8 Å². The number of ether oxygens (including phenoxy) is 2. The molecule has 1 aromatic carbocycles. The molecule has 1 rings (SSSR count). The number of nitrogens with two attached hydrogens (primary N) is 1. The number of halogens is 1. The fourth-order valence-corrected chi connectivity index (χ4v) is 2.46. The van der Waals surface area contributed by atoms with Crippen LogP contribution in [-0.2, 0) is 9.47 Å². The molecule has 0 spiro atoms. The quantitative estimate of drug-likeness (QED) is 0.750. The fourth-order valence-electron chi connectivity index (χ4n) is 2.26. The minimum absolute atomic E-state index is 0.175. The van der Waals surface area contributed by atoms with Crippen LogP contribution >= 0.6 is 11.6 Å². The molecule has 1 aromatic rings. The molecule has 0 aliphatic heterocycles. The van der Waals surface area contributed by atoms with Gasteiger partial charge in [-0.2, -0.15) is 0 Å². The van der Waals surface area contributed by atoms with Gasteiger partial charge in [-0.15, -0.1) is 0 Å². The number of hydrogen-bond acceptors (Lipinski definition) is 4. The van der Waals surface area contributed by atoms with Crippen LogP contribution in [-0.4, -0.2) is 45.0 Å². The van der Waals surface area contributed by atoms with Crippen LogP contribution in [0.5, 0.6) is 0 Å². The standard InChI is InChI=1S/C15H25ClN2O2/c1-11(12-6-5-7-13(16)8-12)18(2)14(10-17)9-15(19-3)20-4/h5-8,11,14-15H,9-10,17H2,1-4H3. The van der Waals surface area contributed by atoms with E-state index in [0.717, 1.165) is 11.4 Å². The first-order chi connectivity index (χ1) is 9.53. The molecule has 0 bridgehead atoms. The van der Waals surface area contributed by atoms with Crippen LogP contribution < -0.4 is 5.73 Å². The summed E-state index contributed by atoms with van der Waals surface area (Å²) in [6, 6.07) is 8.30. The summed E-state index contributed by atoms with van der Waals surface area (Å²) in [4.78, 5) is 2.23. The predicted octanol–water partition coefficient (Wildman–Crippen LogP) is 2.67. The fraction of sp³-hybridized carbons (Fsp3) is 0.600. The van der Waals surface area contributed by atoms with E-state index in [1.54, 1.807) is 14.2 Å². The minimum atomic E-state index is -0.238. The van der Waals surface area contributed by atoms with Crippen molar-refractivity contribution in [3.63, 3.8) is 0 Å². The van der Waals surface area contributed by atoms with Crippen molar-refractivity contribution in [3.05, 3.63) is 34.9 Å². The van der Waals surface area contributed by atoms with Gasteiger partial charge in [0.1, 0.15) is 0 Å². The Morgan fingerprint density at radius 2 is 1.95 bits per heavy atom. The lowest BCUT2D eigenvalue weighted by molar-refractivity contribution is -0.117. The van der Waals surface area contributed by atoms with E-state index in [1.807, 2.05) is 18.2 Å². The number of rotatable bonds is 8. The second-order valence-corrected chi connectivity index (χ2v) is 5.36. The van der Waals surface area contributed by atoms with Gasteiger partial charge in [0.25, 0.3) is 0 Å². The Labute approximate surface area is 126 Å². The molecule has 20 heavy (non-hydrogen) atoms. The molecule has 0 saturated heterocycles. The van der Waals surface area contributed by atoms with Crippen LogP contribution in [0.1, 0.15) is 24.9 Å². The van der Waals surface area contributed by atoms with Gasteiger partial charge < -0.3 is 15.2 Å². The van der Waals surface area contributed by atoms with Crippen LogP contribution in [0, 0.1) is 0 Å². The maximum atomic E-state index is 6.05. The van der Waals surface area contributed by atoms with Crippen LogP contribution in [0.15, 0.2) is 24.3 Å². The molecular formula is C15H25ClN2O2. The first kappa shape index (κ1) is 17.4. The van der Waals surface area contributed by atoms with Gasteiger partial charge in [0.2, 0.25) is 0 Å². The van der Waals surface area contributed by atoms with Crippen molar-refractivity contribution in [2.24, 2.45) is 5.73 Å². The number of likely N-dealkylation sites (N-methyl/N-ethyl adjacent to an activating group) is 1. The van der Waals surface area contributed by atoms with E-state index >= 15 is 0 Å². The Balaban J connectivity index is 2.76. The van der Waals surface area contributed by atoms with Gasteiger partial charge >= 0.3 is 0 Å². The van der Waals surface area contributed by atoms with Gasteiger partial charge in [0.15, 0.2) is 6.29 Å². The molecule has 114 valence electrons. The van der Waals surface area contributed by atoms with E-state index < -0.39 is 0 Å². The number of benzene rings is 1. The van der Waals surface area contributed by atoms with E-state index in [2.05, 4.69) is 24.9 Å². The largest absolute Gasteiger partial charge is 0.356 e. The normalized spacial score (nSPS) is 14.8. The third kappa shape index (κ3) is 4.72. The highest BCUT2D eigenvalue weighted by Gasteiger charge is 2.23. The molecule has 0 saturated carbocycles. The Hall–Kier alpha value is -0.650. The summed E-state index contributed by atoms with van der Waals surface area (Å²) in [5, 5.41) is 0.749. The predicted molar refractivity (Wildman–Crippen MR) is 82.9 cm³/mol. The lowest BCUT2D eigenvalue weighted by Gasteiger charge is -2.34. The van der Waals surface area contributed by atoms with E-state index in [9.17, 15) is 0 Å². The maximum Gasteiger partial charge on any atom is 0.158 e. The average molecular weight is 301 g/mol. The molecule has 2 unspecified atom stereocenters. The van der Waals surface area contributed by atoms with Crippen LogP contribution in [0.3, 0.4) is 0 Å². The maximum absolute atomic E-state index is 6.05. The molecule has 0 fully saturated rings. The third-order valence-electron chi connectivity index (χ3n) is 3.78. The zero-order valence-electron chi connectivity index (χ0n) is 12.7. The molecule has 0 aromatic heterocycles. The molecule has 2 N–H and O–H groups in total. The smallest absolute Gasteiger partial charge is 0.158 e. The summed E-state index contributed by atoms with van der Waals surface area (Å²) in [6.07, 6.45) is 0.489. The van der Waals surface area contributed by atoms with E-state index in [0.29, 0.717) is 6.54 Å². The lowest BCUT2D eigenvalue weighted by atomic mass is 10.0. The van der Waals surface area contributed by atoms with Crippen molar-refractivity contribution >= 4 is 11.6 Å². The van der Waals surface area contributed by atoms with Crippen molar-refractivity contribution in [3.8, 4) is 0 Å². The van der Waals surface area contributed by atoms with Crippen molar-refractivity contribution < 1.29 is 9.47 Å². The molecule has 5 heteroatoms.